The Kier molecular flexibility index (Phi) is 3.89. The van der Waals surface area contributed by atoms with Crippen LogP contribution in [0.4, 0.5) is 13.2 Å². The first kappa shape index (κ1) is 14.3. The van der Waals surface area contributed by atoms with Gasteiger partial charge >= 0.3 is 6.18 Å². The minimum atomic E-state index is -4.52. The van der Waals surface area contributed by atoms with Crippen LogP contribution in [0, 0.1) is 0 Å². The molecule has 7 heteroatoms. The van der Waals surface area contributed by atoms with Crippen molar-refractivity contribution in [2.75, 3.05) is 7.11 Å². The van der Waals surface area contributed by atoms with E-state index < -0.39 is 17.3 Å². The Morgan fingerprint density at radius 1 is 1.30 bits per heavy atom. The summed E-state index contributed by atoms with van der Waals surface area (Å²) in [6, 6.07) is 6.12. The van der Waals surface area contributed by atoms with E-state index in [2.05, 4.69) is 9.97 Å². The molecule has 2 aromatic rings. The summed E-state index contributed by atoms with van der Waals surface area (Å²) in [6.07, 6.45) is -4.52. The maximum absolute atomic E-state index is 12.9. The van der Waals surface area contributed by atoms with Gasteiger partial charge in [-0.3, -0.25) is 4.79 Å². The monoisotopic (exact) mass is 284 g/mol. The number of nitrogens with one attached hydrogen (secondary N) is 1. The normalized spacial score (nSPS) is 11.6. The highest BCUT2D eigenvalue weighted by Crippen LogP contribution is 2.35. The second kappa shape index (κ2) is 5.46. The number of H-pyrrole nitrogens is 1. The molecule has 0 unspecified atom stereocenters. The van der Waals surface area contributed by atoms with Gasteiger partial charge in [0.05, 0.1) is 17.9 Å². The maximum Gasteiger partial charge on any atom is 0.417 e. The van der Waals surface area contributed by atoms with Gasteiger partial charge in [0.25, 0.3) is 5.56 Å². The summed E-state index contributed by atoms with van der Waals surface area (Å²) in [4.78, 5) is 17.8. The molecule has 0 aliphatic rings. The molecule has 0 bridgehead atoms. The number of aromatic amines is 1. The van der Waals surface area contributed by atoms with Gasteiger partial charge in [0.2, 0.25) is 0 Å². The highest BCUT2D eigenvalue weighted by atomic mass is 19.4. The van der Waals surface area contributed by atoms with E-state index in [-0.39, 0.29) is 23.7 Å². The average molecular weight is 284 g/mol. The number of benzene rings is 1. The van der Waals surface area contributed by atoms with Gasteiger partial charge in [-0.1, -0.05) is 18.2 Å². The minimum Gasteiger partial charge on any atom is -0.378 e. The Balaban J connectivity index is 2.60. The van der Waals surface area contributed by atoms with E-state index in [0.29, 0.717) is 0 Å². The molecule has 0 aliphatic carbocycles. The van der Waals surface area contributed by atoms with Gasteiger partial charge in [-0.2, -0.15) is 13.2 Å². The Labute approximate surface area is 112 Å². The van der Waals surface area contributed by atoms with E-state index >= 15 is 0 Å². The van der Waals surface area contributed by atoms with Crippen molar-refractivity contribution >= 4 is 0 Å². The summed E-state index contributed by atoms with van der Waals surface area (Å²) in [6.45, 7) is 0.0467. The summed E-state index contributed by atoms with van der Waals surface area (Å²) in [5.41, 5.74) is -1.28. The Bertz CT molecular complexity index is 665. The first-order chi connectivity index (χ1) is 9.41. The molecule has 0 amide bonds. The highest BCUT2D eigenvalue weighted by molar-refractivity contribution is 5.61. The van der Waals surface area contributed by atoms with Crippen molar-refractivity contribution in [1.82, 2.24) is 9.97 Å². The smallest absolute Gasteiger partial charge is 0.378 e. The van der Waals surface area contributed by atoms with Crippen molar-refractivity contribution in [3.63, 3.8) is 0 Å². The van der Waals surface area contributed by atoms with Crippen molar-refractivity contribution in [3.8, 4) is 11.4 Å². The van der Waals surface area contributed by atoms with Crippen LogP contribution in [-0.2, 0) is 17.5 Å². The fourth-order valence-electron chi connectivity index (χ4n) is 1.79. The molecule has 0 atom stereocenters. The number of methoxy groups -OCH3 is 1. The van der Waals surface area contributed by atoms with Crippen molar-refractivity contribution < 1.29 is 17.9 Å². The zero-order valence-corrected chi connectivity index (χ0v) is 10.5. The SMILES string of the molecule is COCc1cc(=O)[nH]c(-c2ccccc2C(F)(F)F)n1. The number of rotatable bonds is 3. The molecule has 1 heterocycles. The van der Waals surface area contributed by atoms with Gasteiger partial charge in [0.15, 0.2) is 0 Å². The Morgan fingerprint density at radius 3 is 2.65 bits per heavy atom. The number of nitrogens with zero attached hydrogens (tertiary/aromatic N) is 1. The van der Waals surface area contributed by atoms with Crippen LogP contribution in [0.5, 0.6) is 0 Å². The van der Waals surface area contributed by atoms with E-state index in [9.17, 15) is 18.0 Å². The van der Waals surface area contributed by atoms with Crippen LogP contribution < -0.4 is 5.56 Å². The van der Waals surface area contributed by atoms with Crippen LogP contribution in [-0.4, -0.2) is 17.1 Å². The van der Waals surface area contributed by atoms with Crippen LogP contribution in [0.2, 0.25) is 0 Å². The Morgan fingerprint density at radius 2 is 2.00 bits per heavy atom. The lowest BCUT2D eigenvalue weighted by Crippen LogP contribution is -2.14. The van der Waals surface area contributed by atoms with Crippen molar-refractivity contribution in [1.29, 1.82) is 0 Å². The lowest BCUT2D eigenvalue weighted by atomic mass is 10.1. The molecule has 0 saturated heterocycles. The second-order valence-electron chi connectivity index (χ2n) is 4.06. The molecule has 0 saturated carbocycles. The zero-order valence-electron chi connectivity index (χ0n) is 10.5. The molecular weight excluding hydrogens is 273 g/mol. The first-order valence-electron chi connectivity index (χ1n) is 5.67. The van der Waals surface area contributed by atoms with Crippen molar-refractivity contribution in [3.05, 3.63) is 51.9 Å². The maximum atomic E-state index is 12.9. The number of aromatic nitrogens is 2. The van der Waals surface area contributed by atoms with Crippen LogP contribution in [0.3, 0.4) is 0 Å². The van der Waals surface area contributed by atoms with Crippen LogP contribution in [0.25, 0.3) is 11.4 Å². The molecule has 1 aromatic heterocycles. The van der Waals surface area contributed by atoms with Gasteiger partial charge in [0, 0.05) is 18.7 Å². The molecule has 1 N–H and O–H groups in total. The topological polar surface area (TPSA) is 55.0 Å². The largest absolute Gasteiger partial charge is 0.417 e. The fourth-order valence-corrected chi connectivity index (χ4v) is 1.79. The molecule has 0 fully saturated rings. The van der Waals surface area contributed by atoms with Gasteiger partial charge < -0.3 is 9.72 Å². The molecule has 106 valence electrons. The predicted molar refractivity (Wildman–Crippen MR) is 66.0 cm³/mol. The van der Waals surface area contributed by atoms with E-state index in [1.54, 1.807) is 0 Å². The van der Waals surface area contributed by atoms with E-state index in [4.69, 9.17) is 4.74 Å². The molecular formula is C13H11F3N2O2. The summed E-state index contributed by atoms with van der Waals surface area (Å²) < 4.78 is 43.6. The minimum absolute atomic E-state index is 0.0467. The second-order valence-corrected chi connectivity index (χ2v) is 4.06. The lowest BCUT2D eigenvalue weighted by Gasteiger charge is -2.12. The van der Waals surface area contributed by atoms with E-state index in [1.807, 2.05) is 0 Å². The fraction of sp³-hybridized carbons (Fsp3) is 0.231. The quantitative estimate of drug-likeness (QED) is 0.942. The third-order valence-corrected chi connectivity index (χ3v) is 2.57. The molecule has 0 aliphatic heterocycles. The molecule has 20 heavy (non-hydrogen) atoms. The number of alkyl halides is 3. The molecule has 2 rings (SSSR count). The summed E-state index contributed by atoms with van der Waals surface area (Å²) in [5, 5.41) is 0. The molecule has 4 nitrogen and oxygen atoms in total. The van der Waals surface area contributed by atoms with Crippen molar-refractivity contribution in [2.24, 2.45) is 0 Å². The van der Waals surface area contributed by atoms with Gasteiger partial charge in [-0.25, -0.2) is 4.98 Å². The summed E-state index contributed by atoms with van der Waals surface area (Å²) in [7, 11) is 1.41. The lowest BCUT2D eigenvalue weighted by molar-refractivity contribution is -0.137. The van der Waals surface area contributed by atoms with Gasteiger partial charge in [-0.15, -0.1) is 0 Å². The highest BCUT2D eigenvalue weighted by Gasteiger charge is 2.33. The number of hydrogen-bond acceptors (Lipinski definition) is 3. The van der Waals surface area contributed by atoms with E-state index in [0.717, 1.165) is 6.07 Å². The summed E-state index contributed by atoms with van der Waals surface area (Å²) >= 11 is 0. The molecule has 0 spiro atoms. The molecule has 0 radical (unpaired) electrons. The van der Waals surface area contributed by atoms with Crippen LogP contribution in [0.1, 0.15) is 11.3 Å². The van der Waals surface area contributed by atoms with Crippen LogP contribution in [0.15, 0.2) is 35.1 Å². The third kappa shape index (κ3) is 3.05. The third-order valence-electron chi connectivity index (χ3n) is 2.57. The zero-order chi connectivity index (χ0) is 14.8. The van der Waals surface area contributed by atoms with Crippen molar-refractivity contribution in [2.45, 2.75) is 12.8 Å². The predicted octanol–water partition coefficient (Wildman–Crippen LogP) is 2.60. The van der Waals surface area contributed by atoms with E-state index in [1.165, 1.54) is 31.4 Å². The molecule has 1 aromatic carbocycles. The van der Waals surface area contributed by atoms with Gasteiger partial charge in [-0.05, 0) is 6.07 Å². The Hall–Kier alpha value is -2.15. The average Bonchev–Trinajstić information content (AvgIpc) is 2.37. The number of ether oxygens (including phenoxy) is 1. The van der Waals surface area contributed by atoms with Crippen LogP contribution >= 0.6 is 0 Å². The standard InChI is InChI=1S/C13H11F3N2O2/c1-20-7-8-6-11(19)18-12(17-8)9-4-2-3-5-10(9)13(14,15)16/h2-6H,7H2,1H3,(H,17,18,19). The number of halogens is 3. The number of hydrogen-bond donors (Lipinski definition) is 1. The first-order valence-corrected chi connectivity index (χ1v) is 5.67. The summed E-state index contributed by atoms with van der Waals surface area (Å²) in [5.74, 6) is -0.127. The van der Waals surface area contributed by atoms with Gasteiger partial charge in [0.1, 0.15) is 5.82 Å².